The summed E-state index contributed by atoms with van der Waals surface area (Å²) in [6.45, 7) is 0. The fourth-order valence-electron chi connectivity index (χ4n) is 8.82. The number of fused-ring (bicyclic) bond motifs is 9. The molecular formula is C50H29N5. The Labute approximate surface area is 316 Å². The summed E-state index contributed by atoms with van der Waals surface area (Å²) in [6, 6.07) is 65.9. The third-order valence-electron chi connectivity index (χ3n) is 11.1. The minimum absolute atomic E-state index is 0.595. The van der Waals surface area contributed by atoms with Crippen molar-refractivity contribution in [1.82, 2.24) is 13.7 Å². The molecule has 0 saturated heterocycles. The van der Waals surface area contributed by atoms with Crippen LogP contribution in [0.15, 0.2) is 176 Å². The smallest absolute Gasteiger partial charge is 0.101 e. The highest BCUT2D eigenvalue weighted by Gasteiger charge is 2.21. The van der Waals surface area contributed by atoms with Gasteiger partial charge >= 0.3 is 0 Å². The molecular weight excluding hydrogens is 671 g/mol. The largest absolute Gasteiger partial charge is 0.309 e. The Kier molecular flexibility index (Phi) is 6.61. The summed E-state index contributed by atoms with van der Waals surface area (Å²) in [5.74, 6) is 0. The minimum atomic E-state index is 0.595. The molecule has 0 amide bonds. The maximum absolute atomic E-state index is 10.7. The second-order valence-corrected chi connectivity index (χ2v) is 13.9. The van der Waals surface area contributed by atoms with Gasteiger partial charge in [0.2, 0.25) is 0 Å². The predicted octanol–water partition coefficient (Wildman–Crippen LogP) is 12.4. The molecule has 254 valence electrons. The summed E-state index contributed by atoms with van der Waals surface area (Å²) in [5, 5.41) is 27.3. The second kappa shape index (κ2) is 11.8. The van der Waals surface area contributed by atoms with E-state index in [4.69, 9.17) is 0 Å². The van der Waals surface area contributed by atoms with Gasteiger partial charge in [-0.25, -0.2) is 0 Å². The molecule has 0 spiro atoms. The average Bonchev–Trinajstić information content (AvgIpc) is 3.89. The fourth-order valence-corrected chi connectivity index (χ4v) is 8.82. The molecule has 5 heteroatoms. The predicted molar refractivity (Wildman–Crippen MR) is 224 cm³/mol. The summed E-state index contributed by atoms with van der Waals surface area (Å²) < 4.78 is 6.84. The van der Waals surface area contributed by atoms with Crippen LogP contribution in [0.4, 0.5) is 0 Å². The van der Waals surface area contributed by atoms with Crippen molar-refractivity contribution in [3.63, 3.8) is 0 Å². The van der Waals surface area contributed by atoms with Crippen molar-refractivity contribution in [3.8, 4) is 40.3 Å². The Morgan fingerprint density at radius 3 is 1.44 bits per heavy atom. The summed E-state index contributed by atoms with van der Waals surface area (Å²) in [7, 11) is 0. The summed E-state index contributed by atoms with van der Waals surface area (Å²) in [4.78, 5) is 0. The fraction of sp³-hybridized carbons (Fsp3) is 0. The van der Waals surface area contributed by atoms with E-state index in [9.17, 15) is 10.5 Å². The number of hydrogen-bond acceptors (Lipinski definition) is 2. The Bertz CT molecular complexity index is 3400. The van der Waals surface area contributed by atoms with Crippen LogP contribution in [0.3, 0.4) is 0 Å². The van der Waals surface area contributed by atoms with E-state index in [1.54, 1.807) is 0 Å². The van der Waals surface area contributed by atoms with Gasteiger partial charge < -0.3 is 13.7 Å². The van der Waals surface area contributed by atoms with Gasteiger partial charge in [0, 0.05) is 38.0 Å². The number of benzene rings is 8. The van der Waals surface area contributed by atoms with E-state index in [1.165, 1.54) is 10.8 Å². The van der Waals surface area contributed by atoms with E-state index in [0.717, 1.165) is 82.8 Å². The van der Waals surface area contributed by atoms with Gasteiger partial charge in [-0.15, -0.1) is 0 Å². The van der Waals surface area contributed by atoms with Crippen LogP contribution in [0.2, 0.25) is 0 Å². The van der Waals surface area contributed by atoms with Crippen molar-refractivity contribution >= 4 is 65.4 Å². The van der Waals surface area contributed by atoms with Crippen molar-refractivity contribution in [3.05, 3.63) is 187 Å². The molecule has 3 aromatic heterocycles. The van der Waals surface area contributed by atoms with Gasteiger partial charge in [-0.05, 0) is 83.9 Å². The van der Waals surface area contributed by atoms with E-state index in [-0.39, 0.29) is 0 Å². The maximum atomic E-state index is 10.7. The molecule has 0 aliphatic carbocycles. The number of nitrogens with zero attached hydrogens (tertiary/aromatic N) is 5. The molecule has 0 unspecified atom stereocenters. The first-order valence-corrected chi connectivity index (χ1v) is 18.3. The zero-order valence-corrected chi connectivity index (χ0v) is 29.5. The van der Waals surface area contributed by atoms with Crippen LogP contribution in [0.5, 0.6) is 0 Å². The van der Waals surface area contributed by atoms with E-state index >= 15 is 0 Å². The summed E-state index contributed by atoms with van der Waals surface area (Å²) >= 11 is 0. The van der Waals surface area contributed by atoms with Gasteiger partial charge in [0.05, 0.1) is 61.7 Å². The topological polar surface area (TPSA) is 62.4 Å². The van der Waals surface area contributed by atoms with Gasteiger partial charge in [0.1, 0.15) is 6.07 Å². The lowest BCUT2D eigenvalue weighted by Crippen LogP contribution is -1.99. The third-order valence-corrected chi connectivity index (χ3v) is 11.1. The van der Waals surface area contributed by atoms with Gasteiger partial charge in [0.25, 0.3) is 0 Å². The highest BCUT2D eigenvalue weighted by atomic mass is 15.0. The molecule has 55 heavy (non-hydrogen) atoms. The second-order valence-electron chi connectivity index (χ2n) is 13.9. The first-order valence-electron chi connectivity index (χ1n) is 18.3. The monoisotopic (exact) mass is 699 g/mol. The lowest BCUT2D eigenvalue weighted by molar-refractivity contribution is 1.16. The molecule has 5 nitrogen and oxygen atoms in total. The molecule has 0 saturated carbocycles. The molecule has 0 aliphatic heterocycles. The van der Waals surface area contributed by atoms with Crippen LogP contribution in [-0.2, 0) is 0 Å². The zero-order chi connectivity index (χ0) is 36.6. The molecule has 0 radical (unpaired) electrons. The summed E-state index contributed by atoms with van der Waals surface area (Å²) in [5.41, 5.74) is 12.6. The molecule has 0 bridgehead atoms. The molecule has 0 N–H and O–H groups in total. The Hall–Kier alpha value is -7.86. The minimum Gasteiger partial charge on any atom is -0.309 e. The van der Waals surface area contributed by atoms with Crippen molar-refractivity contribution in [2.45, 2.75) is 0 Å². The first-order chi connectivity index (χ1) is 27.2. The third kappa shape index (κ3) is 4.39. The Morgan fingerprint density at radius 2 is 0.800 bits per heavy atom. The first kappa shape index (κ1) is 30.7. The summed E-state index contributed by atoms with van der Waals surface area (Å²) in [6.07, 6.45) is 0. The van der Waals surface area contributed by atoms with Crippen LogP contribution in [0.25, 0.3) is 93.6 Å². The molecule has 3 heterocycles. The van der Waals surface area contributed by atoms with Crippen molar-refractivity contribution in [1.29, 1.82) is 10.5 Å². The average molecular weight is 700 g/mol. The molecule has 8 aromatic carbocycles. The van der Waals surface area contributed by atoms with Crippen molar-refractivity contribution < 1.29 is 0 Å². The zero-order valence-electron chi connectivity index (χ0n) is 29.5. The van der Waals surface area contributed by atoms with Gasteiger partial charge in [-0.1, -0.05) is 103 Å². The van der Waals surface area contributed by atoms with E-state index < -0.39 is 0 Å². The quantitative estimate of drug-likeness (QED) is 0.184. The highest BCUT2D eigenvalue weighted by molar-refractivity contribution is 6.17. The number of nitriles is 2. The molecule has 11 rings (SSSR count). The van der Waals surface area contributed by atoms with Crippen LogP contribution in [-0.4, -0.2) is 13.7 Å². The maximum Gasteiger partial charge on any atom is 0.101 e. The standard InChI is InChI=1S/C50H29N5/c51-30-34-11-9-20-46-49(34)39-14-3-7-18-44(39)53(46)36-26-23-32(24-27-36)33-25-28-41(35(29-33)31-52)54-45-19-8-4-15-40(45)50-47(54)21-10-22-48(50)55-42-16-5-1-12-37(42)38-13-2-6-17-43(38)55/h1-29H. The van der Waals surface area contributed by atoms with E-state index in [2.05, 4.69) is 171 Å². The molecule has 0 atom stereocenters. The van der Waals surface area contributed by atoms with E-state index in [1.807, 2.05) is 30.3 Å². The number of para-hydroxylation sites is 4. The van der Waals surface area contributed by atoms with Crippen molar-refractivity contribution in [2.24, 2.45) is 0 Å². The molecule has 0 aliphatic rings. The number of rotatable bonds is 4. The SMILES string of the molecule is N#Cc1cc(-c2ccc(-n3c4ccccc4c4c(C#N)cccc43)cc2)ccc1-n1c2ccccc2c2c(-n3c4ccccc4c4ccccc43)cccc21. The lowest BCUT2D eigenvalue weighted by atomic mass is 10.0. The molecule has 11 aromatic rings. The van der Waals surface area contributed by atoms with E-state index in [0.29, 0.717) is 11.1 Å². The number of aromatic nitrogens is 3. The Balaban J connectivity index is 1.06. The van der Waals surface area contributed by atoms with Crippen LogP contribution < -0.4 is 0 Å². The normalized spacial score (nSPS) is 11.6. The van der Waals surface area contributed by atoms with Gasteiger partial charge in [-0.3, -0.25) is 0 Å². The van der Waals surface area contributed by atoms with Crippen molar-refractivity contribution in [2.75, 3.05) is 0 Å². The van der Waals surface area contributed by atoms with Crippen LogP contribution >= 0.6 is 0 Å². The van der Waals surface area contributed by atoms with Gasteiger partial charge in [0.15, 0.2) is 0 Å². The number of hydrogen-bond donors (Lipinski definition) is 0. The molecule has 0 fully saturated rings. The Morgan fingerprint density at radius 1 is 0.327 bits per heavy atom. The highest BCUT2D eigenvalue weighted by Crippen LogP contribution is 2.41. The van der Waals surface area contributed by atoms with Crippen LogP contribution in [0, 0.1) is 22.7 Å². The van der Waals surface area contributed by atoms with Crippen LogP contribution in [0.1, 0.15) is 11.1 Å². The van der Waals surface area contributed by atoms with Gasteiger partial charge in [-0.2, -0.15) is 10.5 Å². The lowest BCUT2D eigenvalue weighted by Gasteiger charge is -2.13.